The predicted octanol–water partition coefficient (Wildman–Crippen LogP) is 7.68. The summed E-state index contributed by atoms with van der Waals surface area (Å²) in [5.74, 6) is -0.836. The van der Waals surface area contributed by atoms with E-state index in [-0.39, 0.29) is 16.4 Å². The van der Waals surface area contributed by atoms with Crippen molar-refractivity contribution in [3.63, 3.8) is 0 Å². The van der Waals surface area contributed by atoms with Gasteiger partial charge in [-0.1, -0.05) is 65.8 Å². The van der Waals surface area contributed by atoms with Gasteiger partial charge in [0.25, 0.3) is 0 Å². The maximum Gasteiger partial charge on any atom is 0.338 e. The number of rotatable bonds is 4. The highest BCUT2D eigenvalue weighted by atomic mass is 16.6. The highest BCUT2D eigenvalue weighted by molar-refractivity contribution is 5.91. The van der Waals surface area contributed by atoms with Gasteiger partial charge in [0.2, 0.25) is 0 Å². The average Bonchev–Trinajstić information content (AvgIpc) is 2.93. The van der Waals surface area contributed by atoms with E-state index in [1.54, 1.807) is 56.3 Å². The third-order valence-electron chi connectivity index (χ3n) is 7.85. The zero-order valence-corrected chi connectivity index (χ0v) is 25.9. The monoisotopic (exact) mass is 582 g/mol. The Balaban J connectivity index is 1.57. The minimum absolute atomic E-state index is 0.0826. The van der Waals surface area contributed by atoms with Crippen LogP contribution in [-0.2, 0) is 20.3 Å². The molecule has 43 heavy (non-hydrogen) atoms. The number of ether oxygens (including phenoxy) is 3. The summed E-state index contributed by atoms with van der Waals surface area (Å²) in [6, 6.07) is 20.9. The van der Waals surface area contributed by atoms with Crippen molar-refractivity contribution in [3.8, 4) is 5.75 Å². The average molecular weight is 583 g/mol. The molecule has 0 aliphatic carbocycles. The maximum absolute atomic E-state index is 13.6. The third kappa shape index (κ3) is 6.07. The summed E-state index contributed by atoms with van der Waals surface area (Å²) >= 11 is 0. The van der Waals surface area contributed by atoms with Crippen molar-refractivity contribution in [2.45, 2.75) is 84.0 Å². The Kier molecular flexibility index (Phi) is 7.49. The van der Waals surface area contributed by atoms with Gasteiger partial charge in [0, 0.05) is 11.5 Å². The van der Waals surface area contributed by atoms with Crippen molar-refractivity contribution < 1.29 is 28.2 Å². The Bertz CT molecular complexity index is 1730. The van der Waals surface area contributed by atoms with Crippen molar-refractivity contribution in [1.82, 2.24) is 0 Å². The second kappa shape index (κ2) is 10.7. The van der Waals surface area contributed by atoms with E-state index in [0.717, 1.165) is 11.1 Å². The summed E-state index contributed by atoms with van der Waals surface area (Å²) in [5.41, 5.74) is 1.51. The minimum atomic E-state index is -1.14. The van der Waals surface area contributed by atoms with E-state index in [1.807, 2.05) is 24.3 Å². The van der Waals surface area contributed by atoms with E-state index in [2.05, 4.69) is 41.5 Å². The molecular weight excluding hydrogens is 544 g/mol. The largest absolute Gasteiger partial charge is 0.483 e. The summed E-state index contributed by atoms with van der Waals surface area (Å²) in [7, 11) is 0. The number of carbonyl (C=O) groups is 2. The topological polar surface area (TPSA) is 92.0 Å². The molecule has 0 amide bonds. The molecule has 4 aromatic rings. The zero-order chi connectivity index (χ0) is 31.3. The molecule has 0 radical (unpaired) electrons. The summed E-state index contributed by atoms with van der Waals surface area (Å²) in [5, 5.41) is 0.611. The van der Waals surface area contributed by atoms with Gasteiger partial charge in [-0.3, -0.25) is 0 Å². The summed E-state index contributed by atoms with van der Waals surface area (Å²) in [6.07, 6.45) is -2.22. The van der Waals surface area contributed by atoms with Crippen LogP contribution in [-0.4, -0.2) is 23.6 Å². The van der Waals surface area contributed by atoms with Crippen LogP contribution in [0, 0.1) is 0 Å². The second-order valence-corrected chi connectivity index (χ2v) is 13.7. The predicted molar refractivity (Wildman–Crippen MR) is 165 cm³/mol. The molecule has 7 heteroatoms. The van der Waals surface area contributed by atoms with Crippen LogP contribution in [0.2, 0.25) is 0 Å². The SMILES string of the molecule is CC(C)(C)c1ccc(C(=O)O[C@@H]2c3c(ccc4ccc(=O)oc34)OC(C)(C)[C@@H]2OC(=O)c2ccc(C(C)(C)C)cc2)cc1. The Morgan fingerprint density at radius 3 is 1.70 bits per heavy atom. The number of carbonyl (C=O) groups excluding carboxylic acids is 2. The first-order valence-corrected chi connectivity index (χ1v) is 14.4. The molecule has 0 N–H and O–H groups in total. The fourth-order valence-corrected chi connectivity index (χ4v) is 5.26. The van der Waals surface area contributed by atoms with Crippen LogP contribution in [0.3, 0.4) is 0 Å². The van der Waals surface area contributed by atoms with Gasteiger partial charge in [-0.2, -0.15) is 0 Å². The molecule has 0 fully saturated rings. The van der Waals surface area contributed by atoms with E-state index in [0.29, 0.717) is 27.8 Å². The lowest BCUT2D eigenvalue weighted by molar-refractivity contribution is -0.122. The molecule has 0 spiro atoms. The molecule has 7 nitrogen and oxygen atoms in total. The number of esters is 2. The van der Waals surface area contributed by atoms with Crippen molar-refractivity contribution in [3.05, 3.63) is 111 Å². The molecule has 0 saturated carbocycles. The molecular formula is C36H38O7. The van der Waals surface area contributed by atoms with Crippen molar-refractivity contribution in [1.29, 1.82) is 0 Å². The van der Waals surface area contributed by atoms with Gasteiger partial charge in [0.1, 0.15) is 16.9 Å². The van der Waals surface area contributed by atoms with Gasteiger partial charge in [0.05, 0.1) is 16.7 Å². The Hall–Kier alpha value is -4.39. The Morgan fingerprint density at radius 2 is 1.19 bits per heavy atom. The maximum atomic E-state index is 13.6. The second-order valence-electron chi connectivity index (χ2n) is 13.7. The first kappa shape index (κ1) is 30.1. The normalized spacial score (nSPS) is 18.0. The van der Waals surface area contributed by atoms with Gasteiger partial charge < -0.3 is 18.6 Å². The number of fused-ring (bicyclic) bond motifs is 3. The minimum Gasteiger partial charge on any atom is -0.483 e. The van der Waals surface area contributed by atoms with Crippen molar-refractivity contribution >= 4 is 22.9 Å². The molecule has 5 rings (SSSR count). The molecule has 0 unspecified atom stereocenters. The fourth-order valence-electron chi connectivity index (χ4n) is 5.26. The molecule has 0 bridgehead atoms. The molecule has 224 valence electrons. The summed E-state index contributed by atoms with van der Waals surface area (Å²) in [4.78, 5) is 39.5. The smallest absolute Gasteiger partial charge is 0.338 e. The van der Waals surface area contributed by atoms with Crippen LogP contribution < -0.4 is 10.4 Å². The molecule has 1 aliphatic heterocycles. The van der Waals surface area contributed by atoms with E-state index in [4.69, 9.17) is 18.6 Å². The molecule has 0 saturated heterocycles. The van der Waals surface area contributed by atoms with Gasteiger partial charge in [-0.15, -0.1) is 0 Å². The quantitative estimate of drug-likeness (QED) is 0.180. The van der Waals surface area contributed by atoms with E-state index in [9.17, 15) is 14.4 Å². The standard InChI is InChI=1S/C36H38O7/c1-34(2,3)24-15-9-22(10-16-24)32(38)41-30-28-26(19-13-21-14-20-27(37)40-29(21)28)43-36(7,8)31(30)42-33(39)23-11-17-25(18-12-23)35(4,5)6/h9-20,30-31H,1-8H3/t30-,31-/m1/s1. The van der Waals surface area contributed by atoms with Gasteiger partial charge in [-0.25, -0.2) is 14.4 Å². The lowest BCUT2D eigenvalue weighted by Gasteiger charge is -2.43. The summed E-state index contributed by atoms with van der Waals surface area (Å²) in [6.45, 7) is 16.1. The van der Waals surface area contributed by atoms with Crippen LogP contribution in [0.4, 0.5) is 0 Å². The van der Waals surface area contributed by atoms with Gasteiger partial charge in [0.15, 0.2) is 12.2 Å². The van der Waals surface area contributed by atoms with Crippen LogP contribution in [0.25, 0.3) is 11.0 Å². The van der Waals surface area contributed by atoms with Crippen LogP contribution in [0.1, 0.15) is 98.9 Å². The fraction of sp³-hybridized carbons (Fsp3) is 0.361. The van der Waals surface area contributed by atoms with Crippen molar-refractivity contribution in [2.75, 3.05) is 0 Å². The number of hydrogen-bond acceptors (Lipinski definition) is 7. The number of hydrogen-bond donors (Lipinski definition) is 0. The number of benzene rings is 3. The van der Waals surface area contributed by atoms with Crippen LogP contribution >= 0.6 is 0 Å². The van der Waals surface area contributed by atoms with E-state index < -0.39 is 35.4 Å². The van der Waals surface area contributed by atoms with Gasteiger partial charge in [-0.05, 0) is 78.3 Å². The van der Waals surface area contributed by atoms with Crippen molar-refractivity contribution in [2.24, 2.45) is 0 Å². The molecule has 1 aromatic heterocycles. The first-order chi connectivity index (χ1) is 20.0. The highest BCUT2D eigenvalue weighted by Crippen LogP contribution is 2.47. The third-order valence-corrected chi connectivity index (χ3v) is 7.85. The van der Waals surface area contributed by atoms with E-state index in [1.165, 1.54) is 6.07 Å². The zero-order valence-electron chi connectivity index (χ0n) is 25.9. The van der Waals surface area contributed by atoms with E-state index >= 15 is 0 Å². The molecule has 2 heterocycles. The Labute approximate surface area is 251 Å². The molecule has 3 aromatic carbocycles. The molecule has 2 atom stereocenters. The van der Waals surface area contributed by atoms with Crippen LogP contribution in [0.5, 0.6) is 5.75 Å². The lowest BCUT2D eigenvalue weighted by Crippen LogP contribution is -2.52. The van der Waals surface area contributed by atoms with Crippen LogP contribution in [0.15, 0.2) is 82.0 Å². The summed E-state index contributed by atoms with van der Waals surface area (Å²) < 4.78 is 24.2. The molecule has 1 aliphatic rings. The Morgan fingerprint density at radius 1 is 0.698 bits per heavy atom. The lowest BCUT2D eigenvalue weighted by atomic mass is 9.86. The first-order valence-electron chi connectivity index (χ1n) is 14.4. The highest BCUT2D eigenvalue weighted by Gasteiger charge is 2.50. The van der Waals surface area contributed by atoms with Gasteiger partial charge >= 0.3 is 17.6 Å².